The molecule has 1 aromatic rings. The molecule has 138 valence electrons. The Morgan fingerprint density at radius 1 is 1.31 bits per heavy atom. The van der Waals surface area contributed by atoms with Gasteiger partial charge in [0.05, 0.1) is 10.5 Å². The van der Waals surface area contributed by atoms with Crippen molar-refractivity contribution in [2.45, 2.75) is 52.6 Å². The average Bonchev–Trinajstić information content (AvgIpc) is 2.90. The van der Waals surface area contributed by atoms with Crippen molar-refractivity contribution < 1.29 is 14.5 Å². The van der Waals surface area contributed by atoms with Crippen LogP contribution in [0.25, 0.3) is 0 Å². The van der Waals surface area contributed by atoms with Gasteiger partial charge in [0, 0.05) is 29.9 Å². The number of esters is 1. The molecule has 0 saturated heterocycles. The first kappa shape index (κ1) is 18.4. The number of allylic oxidation sites excluding steroid dienone is 2. The topological polar surface area (TPSA) is 69.4 Å². The van der Waals surface area contributed by atoms with Crippen molar-refractivity contribution in [3.05, 3.63) is 63.2 Å². The number of rotatable bonds is 3. The van der Waals surface area contributed by atoms with Crippen molar-refractivity contribution in [1.82, 2.24) is 0 Å². The van der Waals surface area contributed by atoms with E-state index in [-0.39, 0.29) is 17.2 Å². The summed E-state index contributed by atoms with van der Waals surface area (Å²) in [6.07, 6.45) is 3.54. The molecule has 2 aliphatic rings. The fourth-order valence-electron chi connectivity index (χ4n) is 4.10. The van der Waals surface area contributed by atoms with E-state index in [4.69, 9.17) is 4.74 Å². The third-order valence-electron chi connectivity index (χ3n) is 5.80. The molecule has 1 fully saturated rings. The van der Waals surface area contributed by atoms with Gasteiger partial charge in [-0.25, -0.2) is 4.79 Å². The van der Waals surface area contributed by atoms with Gasteiger partial charge in [0.15, 0.2) is 0 Å². The molecule has 0 N–H and O–H groups in total. The standard InChI is InChI=1S/C21H25NO4/c1-13-5-10-17-14(2)11-19(21(3,4)12-18(13)17)26-20(23)15-6-8-16(9-7-15)22(24)25/h6-9,17,19H,2,5,10-12H2,1,3-4H3/t17-,19+/m1/s1. The number of hydrogen-bond donors (Lipinski definition) is 0. The van der Waals surface area contributed by atoms with Crippen LogP contribution in [0.1, 0.15) is 56.8 Å². The lowest BCUT2D eigenvalue weighted by Gasteiger charge is -2.32. The summed E-state index contributed by atoms with van der Waals surface area (Å²) < 4.78 is 5.85. The highest BCUT2D eigenvalue weighted by Gasteiger charge is 2.41. The van der Waals surface area contributed by atoms with Crippen molar-refractivity contribution in [2.24, 2.45) is 11.3 Å². The maximum absolute atomic E-state index is 12.6. The average molecular weight is 355 g/mol. The number of nitro groups is 1. The first-order chi connectivity index (χ1) is 12.2. The van der Waals surface area contributed by atoms with E-state index in [1.165, 1.54) is 35.4 Å². The second-order valence-electron chi connectivity index (χ2n) is 8.12. The number of hydrogen-bond acceptors (Lipinski definition) is 4. The highest BCUT2D eigenvalue weighted by molar-refractivity contribution is 5.89. The molecular weight excluding hydrogens is 330 g/mol. The van der Waals surface area contributed by atoms with Gasteiger partial charge in [-0.2, -0.15) is 0 Å². The van der Waals surface area contributed by atoms with Crippen LogP contribution in [-0.2, 0) is 4.74 Å². The van der Waals surface area contributed by atoms with E-state index >= 15 is 0 Å². The van der Waals surface area contributed by atoms with Crippen LogP contribution in [0.5, 0.6) is 0 Å². The normalized spacial score (nSPS) is 24.8. The molecule has 0 amide bonds. The highest BCUT2D eigenvalue weighted by atomic mass is 16.6. The number of nitrogens with zero attached hydrogens (tertiary/aromatic N) is 1. The maximum atomic E-state index is 12.6. The van der Waals surface area contributed by atoms with Crippen molar-refractivity contribution in [3.8, 4) is 0 Å². The van der Waals surface area contributed by atoms with Crippen LogP contribution in [0.15, 0.2) is 47.6 Å². The lowest BCUT2D eigenvalue weighted by Crippen LogP contribution is -2.33. The molecule has 0 heterocycles. The Morgan fingerprint density at radius 3 is 2.58 bits per heavy atom. The Balaban J connectivity index is 1.80. The molecule has 1 saturated carbocycles. The number of nitro benzene ring substituents is 1. The summed E-state index contributed by atoms with van der Waals surface area (Å²) in [6.45, 7) is 10.7. The van der Waals surface area contributed by atoms with E-state index in [1.807, 2.05) is 0 Å². The summed E-state index contributed by atoms with van der Waals surface area (Å²) in [5.74, 6) is -0.0270. The highest BCUT2D eigenvalue weighted by Crippen LogP contribution is 2.49. The predicted molar refractivity (Wildman–Crippen MR) is 99.9 cm³/mol. The van der Waals surface area contributed by atoms with Crippen LogP contribution in [0.2, 0.25) is 0 Å². The second kappa shape index (κ2) is 6.71. The zero-order valence-corrected chi connectivity index (χ0v) is 15.6. The Kier molecular flexibility index (Phi) is 4.74. The predicted octanol–water partition coefficient (Wildman–Crippen LogP) is 5.22. The van der Waals surface area contributed by atoms with Crippen LogP contribution < -0.4 is 0 Å². The molecule has 0 aliphatic heterocycles. The molecule has 2 atom stereocenters. The molecule has 0 aromatic heterocycles. The molecule has 1 aromatic carbocycles. The minimum atomic E-state index is -0.484. The zero-order valence-electron chi connectivity index (χ0n) is 15.6. The smallest absolute Gasteiger partial charge is 0.338 e. The summed E-state index contributed by atoms with van der Waals surface area (Å²) in [5, 5.41) is 10.8. The number of fused-ring (bicyclic) bond motifs is 1. The molecule has 5 heteroatoms. The summed E-state index contributed by atoms with van der Waals surface area (Å²) in [6, 6.07) is 5.54. The molecule has 2 aliphatic carbocycles. The lowest BCUT2D eigenvalue weighted by atomic mass is 9.80. The van der Waals surface area contributed by atoms with Crippen LogP contribution in [0.3, 0.4) is 0 Å². The zero-order chi connectivity index (χ0) is 19.1. The van der Waals surface area contributed by atoms with Gasteiger partial charge >= 0.3 is 5.97 Å². The van der Waals surface area contributed by atoms with Crippen molar-refractivity contribution in [3.63, 3.8) is 0 Å². The summed E-state index contributed by atoms with van der Waals surface area (Å²) in [4.78, 5) is 22.8. The van der Waals surface area contributed by atoms with Gasteiger partial charge < -0.3 is 4.74 Å². The molecule has 26 heavy (non-hydrogen) atoms. The number of benzene rings is 1. The SMILES string of the molecule is C=C1C[C@H](OC(=O)c2ccc([N+](=O)[O-])cc2)C(C)(C)CC2=C(C)CC[C@H]12. The maximum Gasteiger partial charge on any atom is 0.338 e. The number of carbonyl (C=O) groups excluding carboxylic acids is 1. The Bertz CT molecular complexity index is 789. The summed E-state index contributed by atoms with van der Waals surface area (Å²) in [7, 11) is 0. The van der Waals surface area contributed by atoms with Gasteiger partial charge in [-0.1, -0.05) is 37.1 Å². The van der Waals surface area contributed by atoms with Gasteiger partial charge in [0.25, 0.3) is 5.69 Å². The molecular formula is C21H25NO4. The van der Waals surface area contributed by atoms with Gasteiger partial charge in [-0.3, -0.25) is 10.1 Å². The van der Waals surface area contributed by atoms with Crippen LogP contribution in [-0.4, -0.2) is 17.0 Å². The molecule has 0 unspecified atom stereocenters. The minimum Gasteiger partial charge on any atom is -0.458 e. The number of carbonyl (C=O) groups is 1. The second-order valence-corrected chi connectivity index (χ2v) is 8.12. The fourth-order valence-corrected chi connectivity index (χ4v) is 4.10. The van der Waals surface area contributed by atoms with E-state index in [2.05, 4.69) is 27.4 Å². The van der Waals surface area contributed by atoms with Crippen molar-refractivity contribution in [2.75, 3.05) is 0 Å². The van der Waals surface area contributed by atoms with Gasteiger partial charge in [0.2, 0.25) is 0 Å². The van der Waals surface area contributed by atoms with Gasteiger partial charge in [-0.15, -0.1) is 0 Å². The van der Waals surface area contributed by atoms with E-state index in [0.29, 0.717) is 17.9 Å². The molecule has 3 rings (SSSR count). The van der Waals surface area contributed by atoms with Crippen molar-refractivity contribution >= 4 is 11.7 Å². The van der Waals surface area contributed by atoms with Crippen LogP contribution >= 0.6 is 0 Å². The van der Waals surface area contributed by atoms with E-state index in [1.54, 1.807) is 0 Å². The minimum absolute atomic E-state index is 0.0417. The first-order valence-corrected chi connectivity index (χ1v) is 9.00. The summed E-state index contributed by atoms with van der Waals surface area (Å²) in [5.41, 5.74) is 4.16. The van der Waals surface area contributed by atoms with Crippen molar-refractivity contribution in [1.29, 1.82) is 0 Å². The third kappa shape index (κ3) is 3.43. The third-order valence-corrected chi connectivity index (χ3v) is 5.80. The number of non-ortho nitro benzene ring substituents is 1. The quantitative estimate of drug-likeness (QED) is 0.322. The molecule has 5 nitrogen and oxygen atoms in total. The molecule has 0 spiro atoms. The van der Waals surface area contributed by atoms with E-state index in [9.17, 15) is 14.9 Å². The monoisotopic (exact) mass is 355 g/mol. The summed E-state index contributed by atoms with van der Waals surface area (Å²) >= 11 is 0. The van der Waals surface area contributed by atoms with Gasteiger partial charge in [0.1, 0.15) is 6.10 Å². The largest absolute Gasteiger partial charge is 0.458 e. The fraction of sp³-hybridized carbons (Fsp3) is 0.476. The van der Waals surface area contributed by atoms with Crippen LogP contribution in [0.4, 0.5) is 5.69 Å². The number of ether oxygens (including phenoxy) is 1. The van der Waals surface area contributed by atoms with E-state index in [0.717, 1.165) is 24.8 Å². The first-order valence-electron chi connectivity index (χ1n) is 9.00. The Morgan fingerprint density at radius 2 is 1.96 bits per heavy atom. The van der Waals surface area contributed by atoms with Gasteiger partial charge in [-0.05, 0) is 38.3 Å². The van der Waals surface area contributed by atoms with Crippen LogP contribution in [0, 0.1) is 21.4 Å². The molecule has 0 radical (unpaired) electrons. The lowest BCUT2D eigenvalue weighted by molar-refractivity contribution is -0.384. The van der Waals surface area contributed by atoms with E-state index < -0.39 is 10.9 Å². The molecule has 0 bridgehead atoms. The Hall–Kier alpha value is -2.43. The Labute approximate surface area is 153 Å².